The highest BCUT2D eigenvalue weighted by Crippen LogP contribution is 2.20. The first kappa shape index (κ1) is 18.4. The van der Waals surface area contributed by atoms with E-state index >= 15 is 0 Å². The number of likely N-dealkylation sites (tertiary alicyclic amines) is 1. The van der Waals surface area contributed by atoms with Crippen molar-refractivity contribution < 1.29 is 13.9 Å². The van der Waals surface area contributed by atoms with E-state index in [0.29, 0.717) is 23.9 Å². The number of benzene rings is 2. The van der Waals surface area contributed by atoms with E-state index in [4.69, 9.17) is 4.74 Å². The van der Waals surface area contributed by atoms with Crippen LogP contribution in [0.5, 0.6) is 5.75 Å². The van der Waals surface area contributed by atoms with Gasteiger partial charge in [-0.25, -0.2) is 4.39 Å². The highest BCUT2D eigenvalue weighted by atomic mass is 19.1. The molecule has 5 heteroatoms. The van der Waals surface area contributed by atoms with Crippen LogP contribution in [-0.2, 0) is 6.61 Å². The molecule has 4 nitrogen and oxygen atoms in total. The smallest absolute Gasteiger partial charge is 0.255 e. The Hall–Kier alpha value is -2.40. The second-order valence-corrected chi connectivity index (χ2v) is 6.55. The molecule has 1 aliphatic heterocycles. The molecule has 0 saturated carbocycles. The Morgan fingerprint density at radius 3 is 2.77 bits per heavy atom. The summed E-state index contributed by atoms with van der Waals surface area (Å²) >= 11 is 0. The fraction of sp³-hybridized carbons (Fsp3) is 0.381. The van der Waals surface area contributed by atoms with Gasteiger partial charge >= 0.3 is 0 Å². The third-order valence-corrected chi connectivity index (χ3v) is 4.84. The Bertz CT molecular complexity index is 733. The minimum absolute atomic E-state index is 0.123. The number of halogens is 1. The number of hydrogen-bond acceptors (Lipinski definition) is 3. The fourth-order valence-corrected chi connectivity index (χ4v) is 3.37. The first-order valence-corrected chi connectivity index (χ1v) is 9.16. The summed E-state index contributed by atoms with van der Waals surface area (Å²) in [7, 11) is 0. The van der Waals surface area contributed by atoms with Crippen molar-refractivity contribution >= 4 is 5.91 Å². The van der Waals surface area contributed by atoms with Gasteiger partial charge in [0.2, 0.25) is 0 Å². The summed E-state index contributed by atoms with van der Waals surface area (Å²) in [5, 5.41) is 3.04. The summed E-state index contributed by atoms with van der Waals surface area (Å²) in [6, 6.07) is 13.8. The molecule has 2 aromatic rings. The number of likely N-dealkylation sites (N-methyl/N-ethyl adjacent to an activating group) is 1. The van der Waals surface area contributed by atoms with E-state index in [2.05, 4.69) is 17.1 Å². The van der Waals surface area contributed by atoms with Crippen molar-refractivity contribution in [1.29, 1.82) is 0 Å². The van der Waals surface area contributed by atoms with Crippen LogP contribution in [0.25, 0.3) is 0 Å². The van der Waals surface area contributed by atoms with E-state index in [1.54, 1.807) is 24.3 Å². The van der Waals surface area contributed by atoms with Gasteiger partial charge in [-0.1, -0.05) is 31.2 Å². The van der Waals surface area contributed by atoms with Crippen molar-refractivity contribution in [1.82, 2.24) is 10.2 Å². The first-order valence-electron chi connectivity index (χ1n) is 9.16. The summed E-state index contributed by atoms with van der Waals surface area (Å²) in [6.45, 7) is 5.21. The van der Waals surface area contributed by atoms with Gasteiger partial charge < -0.3 is 10.1 Å². The molecule has 2 aromatic carbocycles. The lowest BCUT2D eigenvalue weighted by molar-refractivity contribution is 0.0937. The van der Waals surface area contributed by atoms with Crippen molar-refractivity contribution in [2.24, 2.45) is 0 Å². The maximum atomic E-state index is 13.0. The van der Waals surface area contributed by atoms with Crippen LogP contribution in [0.3, 0.4) is 0 Å². The molecule has 1 aliphatic rings. The summed E-state index contributed by atoms with van der Waals surface area (Å²) < 4.78 is 18.8. The molecule has 0 radical (unpaired) electrons. The van der Waals surface area contributed by atoms with E-state index < -0.39 is 0 Å². The van der Waals surface area contributed by atoms with Gasteiger partial charge in [-0.2, -0.15) is 0 Å². The molecule has 3 rings (SSSR count). The lowest BCUT2D eigenvalue weighted by Crippen LogP contribution is -2.40. The third kappa shape index (κ3) is 4.61. The second kappa shape index (κ2) is 8.81. The number of amides is 1. The fourth-order valence-electron chi connectivity index (χ4n) is 3.37. The molecule has 0 bridgehead atoms. The molecule has 1 heterocycles. The quantitative estimate of drug-likeness (QED) is 0.824. The third-order valence-electron chi connectivity index (χ3n) is 4.84. The van der Waals surface area contributed by atoms with Crippen LogP contribution in [0.4, 0.5) is 4.39 Å². The van der Waals surface area contributed by atoms with E-state index in [0.717, 1.165) is 25.1 Å². The minimum Gasteiger partial charge on any atom is -0.488 e. The predicted octanol–water partition coefficient (Wildman–Crippen LogP) is 3.62. The Labute approximate surface area is 154 Å². The zero-order valence-corrected chi connectivity index (χ0v) is 15.1. The van der Waals surface area contributed by atoms with Crippen molar-refractivity contribution in [3.8, 4) is 5.75 Å². The molecule has 0 aliphatic carbocycles. The van der Waals surface area contributed by atoms with E-state index in [9.17, 15) is 9.18 Å². The van der Waals surface area contributed by atoms with E-state index in [1.807, 2.05) is 12.1 Å². The average molecular weight is 356 g/mol. The lowest BCUT2D eigenvalue weighted by Gasteiger charge is -2.23. The summed E-state index contributed by atoms with van der Waals surface area (Å²) in [4.78, 5) is 15.0. The molecule has 26 heavy (non-hydrogen) atoms. The molecular formula is C21H25FN2O2. The Kier molecular flexibility index (Phi) is 6.23. The number of nitrogens with one attached hydrogen (secondary N) is 1. The maximum absolute atomic E-state index is 13.0. The molecule has 138 valence electrons. The minimum atomic E-state index is -0.276. The molecule has 1 fully saturated rings. The van der Waals surface area contributed by atoms with Gasteiger partial charge in [0.25, 0.3) is 5.91 Å². The van der Waals surface area contributed by atoms with Crippen molar-refractivity contribution in [3.05, 3.63) is 65.5 Å². The number of hydrogen-bond donors (Lipinski definition) is 1. The number of carbonyl (C=O) groups excluding carboxylic acids is 1. The van der Waals surface area contributed by atoms with Crippen molar-refractivity contribution in [3.63, 3.8) is 0 Å². The van der Waals surface area contributed by atoms with Gasteiger partial charge in [-0.3, -0.25) is 9.69 Å². The number of carbonyl (C=O) groups is 1. The molecular weight excluding hydrogens is 331 g/mol. The van der Waals surface area contributed by atoms with E-state index in [1.165, 1.54) is 18.6 Å². The monoisotopic (exact) mass is 356 g/mol. The standard InChI is InChI=1S/C21H25FN2O2/c1-2-24-13-5-6-18(24)14-23-21(25)19-7-3-4-8-20(19)26-15-16-9-11-17(22)12-10-16/h3-4,7-12,18H,2,5-6,13-15H2,1H3,(H,23,25). The van der Waals surface area contributed by atoms with Gasteiger partial charge in [0.1, 0.15) is 18.2 Å². The molecule has 1 N–H and O–H groups in total. The Balaban J connectivity index is 1.60. The average Bonchev–Trinajstić information content (AvgIpc) is 3.13. The van der Waals surface area contributed by atoms with Gasteiger partial charge in [-0.05, 0) is 55.8 Å². The van der Waals surface area contributed by atoms with Gasteiger partial charge in [0.15, 0.2) is 0 Å². The van der Waals surface area contributed by atoms with Crippen LogP contribution in [0, 0.1) is 5.82 Å². The zero-order valence-electron chi connectivity index (χ0n) is 15.1. The first-order chi connectivity index (χ1) is 12.7. The molecule has 1 unspecified atom stereocenters. The van der Waals surface area contributed by atoms with Crippen LogP contribution in [0.15, 0.2) is 48.5 Å². The second-order valence-electron chi connectivity index (χ2n) is 6.55. The predicted molar refractivity (Wildman–Crippen MR) is 99.8 cm³/mol. The number of nitrogens with zero attached hydrogens (tertiary/aromatic N) is 1. The van der Waals surface area contributed by atoms with Crippen LogP contribution < -0.4 is 10.1 Å². The summed E-state index contributed by atoms with van der Waals surface area (Å²) in [5.41, 5.74) is 1.38. The van der Waals surface area contributed by atoms with Gasteiger partial charge in [0.05, 0.1) is 5.56 Å². The molecule has 0 aromatic heterocycles. The molecule has 1 atom stereocenters. The Morgan fingerprint density at radius 1 is 1.23 bits per heavy atom. The van der Waals surface area contributed by atoms with Crippen molar-refractivity contribution in [2.45, 2.75) is 32.4 Å². The SMILES string of the molecule is CCN1CCCC1CNC(=O)c1ccccc1OCc1ccc(F)cc1. The topological polar surface area (TPSA) is 41.6 Å². The highest BCUT2D eigenvalue weighted by molar-refractivity contribution is 5.96. The number of para-hydroxylation sites is 1. The van der Waals surface area contributed by atoms with Crippen LogP contribution in [-0.4, -0.2) is 36.5 Å². The van der Waals surface area contributed by atoms with Crippen LogP contribution in [0.1, 0.15) is 35.7 Å². The molecule has 1 amide bonds. The number of ether oxygens (including phenoxy) is 1. The Morgan fingerprint density at radius 2 is 2.00 bits per heavy atom. The molecule has 1 saturated heterocycles. The lowest BCUT2D eigenvalue weighted by atomic mass is 10.1. The van der Waals surface area contributed by atoms with Crippen molar-refractivity contribution in [2.75, 3.05) is 19.6 Å². The van der Waals surface area contributed by atoms with Gasteiger partial charge in [-0.15, -0.1) is 0 Å². The summed E-state index contributed by atoms with van der Waals surface area (Å²) in [6.07, 6.45) is 2.31. The molecule has 0 spiro atoms. The van der Waals surface area contributed by atoms with Crippen LogP contribution >= 0.6 is 0 Å². The number of rotatable bonds is 7. The maximum Gasteiger partial charge on any atom is 0.255 e. The normalized spacial score (nSPS) is 17.2. The van der Waals surface area contributed by atoms with E-state index in [-0.39, 0.29) is 18.3 Å². The van der Waals surface area contributed by atoms with Crippen LogP contribution in [0.2, 0.25) is 0 Å². The van der Waals surface area contributed by atoms with Gasteiger partial charge in [0, 0.05) is 12.6 Å². The largest absolute Gasteiger partial charge is 0.488 e. The zero-order chi connectivity index (χ0) is 18.4. The summed E-state index contributed by atoms with van der Waals surface area (Å²) in [5.74, 6) is 0.136. The highest BCUT2D eigenvalue weighted by Gasteiger charge is 2.23.